The maximum absolute atomic E-state index is 13.6. The summed E-state index contributed by atoms with van der Waals surface area (Å²) in [5, 5.41) is 2.63. The van der Waals surface area contributed by atoms with Gasteiger partial charge in [0.25, 0.3) is 5.56 Å². The first-order valence-electron chi connectivity index (χ1n) is 8.26. The van der Waals surface area contributed by atoms with Crippen molar-refractivity contribution in [2.75, 3.05) is 12.4 Å². The van der Waals surface area contributed by atoms with E-state index in [2.05, 4.69) is 35.0 Å². The number of alkyl halides is 3. The number of anilines is 1. The van der Waals surface area contributed by atoms with E-state index in [4.69, 9.17) is 0 Å². The number of hydrogen-bond acceptors (Lipinski definition) is 8. The van der Waals surface area contributed by atoms with Crippen molar-refractivity contribution in [2.45, 2.75) is 26.1 Å². The van der Waals surface area contributed by atoms with Gasteiger partial charge < -0.3 is 15.0 Å². The lowest BCUT2D eigenvalue weighted by Crippen LogP contribution is -2.20. The Hall–Kier alpha value is -3.57. The SMILES string of the molecule is COC(=O)c1cnc(NC(C)c2cc3c(=O)[nH]c(C)nc3nc2C(F)(F)F)nc1. The molecule has 3 aromatic heterocycles. The number of ether oxygens (including phenoxy) is 1. The molecule has 3 rings (SSSR count). The number of carbonyl (C=O) groups is 1. The highest BCUT2D eigenvalue weighted by Crippen LogP contribution is 2.35. The quantitative estimate of drug-likeness (QED) is 0.631. The number of fused-ring (bicyclic) bond motifs is 1. The number of H-pyrrole nitrogens is 1. The lowest BCUT2D eigenvalue weighted by atomic mass is 10.0. The summed E-state index contributed by atoms with van der Waals surface area (Å²) < 4.78 is 45.2. The van der Waals surface area contributed by atoms with Crippen LogP contribution in [0.3, 0.4) is 0 Å². The van der Waals surface area contributed by atoms with Crippen LogP contribution in [-0.2, 0) is 10.9 Å². The molecular formula is C17H15F3N6O3. The molecule has 9 nitrogen and oxygen atoms in total. The molecule has 1 atom stereocenters. The minimum atomic E-state index is -4.77. The summed E-state index contributed by atoms with van der Waals surface area (Å²) in [6, 6.07) is 0.130. The van der Waals surface area contributed by atoms with E-state index in [1.807, 2.05) is 0 Å². The maximum Gasteiger partial charge on any atom is 0.433 e. The third-order valence-electron chi connectivity index (χ3n) is 4.00. The molecule has 3 heterocycles. The molecule has 0 fully saturated rings. The average Bonchev–Trinajstić information content (AvgIpc) is 2.66. The van der Waals surface area contributed by atoms with E-state index in [0.29, 0.717) is 0 Å². The fourth-order valence-electron chi connectivity index (χ4n) is 2.64. The molecule has 152 valence electrons. The lowest BCUT2D eigenvalue weighted by molar-refractivity contribution is -0.141. The Balaban J connectivity index is 2.03. The van der Waals surface area contributed by atoms with Crippen molar-refractivity contribution in [3.8, 4) is 0 Å². The van der Waals surface area contributed by atoms with Crippen LogP contribution in [0.5, 0.6) is 0 Å². The summed E-state index contributed by atoms with van der Waals surface area (Å²) in [5.74, 6) is -0.514. The monoisotopic (exact) mass is 408 g/mol. The molecule has 2 N–H and O–H groups in total. The van der Waals surface area contributed by atoms with E-state index < -0.39 is 29.4 Å². The van der Waals surface area contributed by atoms with Crippen molar-refractivity contribution < 1.29 is 22.7 Å². The summed E-state index contributed by atoms with van der Waals surface area (Å²) >= 11 is 0. The molecule has 0 aromatic carbocycles. The zero-order valence-corrected chi connectivity index (χ0v) is 15.5. The molecule has 1 unspecified atom stereocenters. The number of methoxy groups -OCH3 is 1. The minimum absolute atomic E-state index is 0.0192. The third-order valence-corrected chi connectivity index (χ3v) is 4.00. The third kappa shape index (κ3) is 4.15. The normalized spacial score (nSPS) is 12.6. The number of aryl methyl sites for hydroxylation is 1. The van der Waals surface area contributed by atoms with Gasteiger partial charge in [-0.3, -0.25) is 4.79 Å². The van der Waals surface area contributed by atoms with Gasteiger partial charge in [-0.25, -0.2) is 24.7 Å². The molecule has 0 radical (unpaired) electrons. The first-order chi connectivity index (χ1) is 13.6. The predicted molar refractivity (Wildman–Crippen MR) is 95.3 cm³/mol. The number of aromatic amines is 1. The molecule has 0 spiro atoms. The van der Waals surface area contributed by atoms with Gasteiger partial charge in [0.05, 0.1) is 24.1 Å². The number of halogens is 3. The van der Waals surface area contributed by atoms with Gasteiger partial charge in [-0.05, 0) is 19.9 Å². The minimum Gasteiger partial charge on any atom is -0.465 e. The lowest BCUT2D eigenvalue weighted by Gasteiger charge is -2.19. The molecule has 0 aliphatic heterocycles. The number of aromatic nitrogens is 5. The molecule has 12 heteroatoms. The molecule has 0 amide bonds. The molecule has 0 bridgehead atoms. The second-order valence-corrected chi connectivity index (χ2v) is 6.10. The van der Waals surface area contributed by atoms with Crippen LogP contribution < -0.4 is 10.9 Å². The number of hydrogen-bond donors (Lipinski definition) is 2. The molecular weight excluding hydrogens is 393 g/mol. The molecule has 0 saturated carbocycles. The first kappa shape index (κ1) is 20.2. The largest absolute Gasteiger partial charge is 0.465 e. The van der Waals surface area contributed by atoms with E-state index in [1.165, 1.54) is 33.4 Å². The Kier molecular flexibility index (Phi) is 5.18. The van der Waals surface area contributed by atoms with Crippen LogP contribution in [0.25, 0.3) is 11.0 Å². The Morgan fingerprint density at radius 1 is 1.24 bits per heavy atom. The average molecular weight is 408 g/mol. The zero-order chi connectivity index (χ0) is 21.3. The van der Waals surface area contributed by atoms with Gasteiger partial charge >= 0.3 is 12.1 Å². The highest BCUT2D eigenvalue weighted by atomic mass is 19.4. The first-order valence-corrected chi connectivity index (χ1v) is 8.26. The van der Waals surface area contributed by atoms with Crippen LogP contribution in [-0.4, -0.2) is 38.0 Å². The number of esters is 1. The van der Waals surface area contributed by atoms with E-state index >= 15 is 0 Å². The fourth-order valence-corrected chi connectivity index (χ4v) is 2.64. The standard InChI is InChI=1S/C17H15F3N6O3/c1-7(23-16-21-5-9(6-22-16)15(28)29-3)10-4-11-13(24-8(2)25-14(11)27)26-12(10)17(18,19)20/h4-7H,1-3H3,(H,21,22,23)(H,24,25,26,27). The van der Waals surface area contributed by atoms with Crippen molar-refractivity contribution in [1.29, 1.82) is 0 Å². The Morgan fingerprint density at radius 3 is 2.48 bits per heavy atom. The van der Waals surface area contributed by atoms with Gasteiger partial charge in [0.2, 0.25) is 5.95 Å². The number of pyridine rings is 1. The van der Waals surface area contributed by atoms with Gasteiger partial charge in [0.15, 0.2) is 11.3 Å². The summed E-state index contributed by atoms with van der Waals surface area (Å²) in [6.45, 7) is 2.88. The molecule has 3 aromatic rings. The van der Waals surface area contributed by atoms with Crippen molar-refractivity contribution >= 4 is 23.0 Å². The van der Waals surface area contributed by atoms with Gasteiger partial charge in [0.1, 0.15) is 5.82 Å². The van der Waals surface area contributed by atoms with E-state index in [0.717, 1.165) is 6.07 Å². The second kappa shape index (κ2) is 7.45. The Bertz CT molecular complexity index is 1130. The maximum atomic E-state index is 13.6. The highest BCUT2D eigenvalue weighted by molar-refractivity contribution is 5.88. The number of nitrogens with zero attached hydrogens (tertiary/aromatic N) is 4. The Labute approximate surface area is 161 Å². The van der Waals surface area contributed by atoms with Crippen LogP contribution >= 0.6 is 0 Å². The predicted octanol–water partition coefficient (Wildman–Crippen LogP) is 2.40. The summed E-state index contributed by atoms with van der Waals surface area (Å²) in [7, 11) is 1.19. The second-order valence-electron chi connectivity index (χ2n) is 6.10. The van der Waals surface area contributed by atoms with Crippen LogP contribution in [0.4, 0.5) is 19.1 Å². The van der Waals surface area contributed by atoms with E-state index in [9.17, 15) is 22.8 Å². The van der Waals surface area contributed by atoms with Gasteiger partial charge in [-0.2, -0.15) is 13.2 Å². The fraction of sp³-hybridized carbons (Fsp3) is 0.294. The van der Waals surface area contributed by atoms with Crippen LogP contribution in [0.15, 0.2) is 23.3 Å². The van der Waals surface area contributed by atoms with E-state index in [-0.39, 0.29) is 33.9 Å². The van der Waals surface area contributed by atoms with Gasteiger partial charge in [-0.1, -0.05) is 0 Å². The van der Waals surface area contributed by atoms with Crippen LogP contribution in [0, 0.1) is 6.92 Å². The molecule has 0 aliphatic carbocycles. The van der Waals surface area contributed by atoms with Crippen LogP contribution in [0.1, 0.15) is 40.4 Å². The number of rotatable bonds is 4. The Morgan fingerprint density at radius 2 is 1.90 bits per heavy atom. The molecule has 0 aliphatic rings. The van der Waals surface area contributed by atoms with Gasteiger partial charge in [0, 0.05) is 18.0 Å². The van der Waals surface area contributed by atoms with Gasteiger partial charge in [-0.15, -0.1) is 0 Å². The van der Waals surface area contributed by atoms with Crippen molar-refractivity contribution in [3.05, 3.63) is 51.5 Å². The zero-order valence-electron chi connectivity index (χ0n) is 15.5. The van der Waals surface area contributed by atoms with Crippen molar-refractivity contribution in [2.24, 2.45) is 0 Å². The summed E-state index contributed by atoms with van der Waals surface area (Å²) in [5.41, 5.74) is -2.26. The molecule has 0 saturated heterocycles. The van der Waals surface area contributed by atoms with Crippen molar-refractivity contribution in [1.82, 2.24) is 24.9 Å². The number of carbonyl (C=O) groups excluding carboxylic acids is 1. The molecule has 29 heavy (non-hydrogen) atoms. The van der Waals surface area contributed by atoms with Crippen LogP contribution in [0.2, 0.25) is 0 Å². The smallest absolute Gasteiger partial charge is 0.433 e. The highest BCUT2D eigenvalue weighted by Gasteiger charge is 2.37. The van der Waals surface area contributed by atoms with E-state index in [1.54, 1.807) is 0 Å². The number of nitrogens with one attached hydrogen (secondary N) is 2. The topological polar surface area (TPSA) is 123 Å². The summed E-state index contributed by atoms with van der Waals surface area (Å²) in [6.07, 6.45) is -2.42. The van der Waals surface area contributed by atoms with Crippen molar-refractivity contribution in [3.63, 3.8) is 0 Å². The summed E-state index contributed by atoms with van der Waals surface area (Å²) in [4.78, 5) is 41.2.